The van der Waals surface area contributed by atoms with E-state index in [2.05, 4.69) is 51.7 Å². The SMILES string of the molecule is C[C@@H]1CN(c2cc(CN)cc(C(C)(C)C)n2)C[C@H](C)O1. The van der Waals surface area contributed by atoms with Gasteiger partial charge in [-0.25, -0.2) is 4.98 Å². The van der Waals surface area contributed by atoms with Crippen LogP contribution in [-0.4, -0.2) is 30.3 Å². The van der Waals surface area contributed by atoms with Crippen molar-refractivity contribution in [2.75, 3.05) is 18.0 Å². The van der Waals surface area contributed by atoms with E-state index in [-0.39, 0.29) is 17.6 Å². The summed E-state index contributed by atoms with van der Waals surface area (Å²) in [5, 5.41) is 0. The van der Waals surface area contributed by atoms with Crippen molar-refractivity contribution in [3.05, 3.63) is 23.4 Å². The van der Waals surface area contributed by atoms with Crippen molar-refractivity contribution in [1.29, 1.82) is 0 Å². The molecule has 1 aromatic rings. The molecule has 2 rings (SSSR count). The summed E-state index contributed by atoms with van der Waals surface area (Å²) in [6, 6.07) is 4.23. The van der Waals surface area contributed by atoms with E-state index in [0.29, 0.717) is 6.54 Å². The Morgan fingerprint density at radius 2 is 1.85 bits per heavy atom. The summed E-state index contributed by atoms with van der Waals surface area (Å²) in [5.74, 6) is 1.03. The molecule has 1 aliphatic heterocycles. The summed E-state index contributed by atoms with van der Waals surface area (Å²) < 4.78 is 5.80. The minimum absolute atomic E-state index is 0.0312. The first-order chi connectivity index (χ1) is 9.29. The van der Waals surface area contributed by atoms with E-state index in [9.17, 15) is 0 Å². The van der Waals surface area contributed by atoms with Gasteiger partial charge < -0.3 is 15.4 Å². The second-order valence-corrected chi connectivity index (χ2v) is 6.84. The van der Waals surface area contributed by atoms with Crippen LogP contribution in [0.25, 0.3) is 0 Å². The molecule has 0 aliphatic carbocycles. The number of hydrogen-bond acceptors (Lipinski definition) is 4. The zero-order valence-electron chi connectivity index (χ0n) is 13.3. The highest BCUT2D eigenvalue weighted by Gasteiger charge is 2.25. The third kappa shape index (κ3) is 3.49. The van der Waals surface area contributed by atoms with Gasteiger partial charge in [0.15, 0.2) is 0 Å². The minimum Gasteiger partial charge on any atom is -0.372 e. The first-order valence-electron chi connectivity index (χ1n) is 7.41. The molecule has 20 heavy (non-hydrogen) atoms. The molecule has 112 valence electrons. The lowest BCUT2D eigenvalue weighted by Crippen LogP contribution is -2.46. The zero-order valence-corrected chi connectivity index (χ0v) is 13.3. The summed E-state index contributed by atoms with van der Waals surface area (Å²) in [7, 11) is 0. The van der Waals surface area contributed by atoms with Crippen molar-refractivity contribution in [1.82, 2.24) is 4.98 Å². The van der Waals surface area contributed by atoms with Crippen molar-refractivity contribution in [3.8, 4) is 0 Å². The van der Waals surface area contributed by atoms with Crippen LogP contribution in [-0.2, 0) is 16.7 Å². The second-order valence-electron chi connectivity index (χ2n) is 6.84. The maximum Gasteiger partial charge on any atom is 0.129 e. The number of nitrogens with two attached hydrogens (primary N) is 1. The van der Waals surface area contributed by atoms with Crippen LogP contribution in [0, 0.1) is 0 Å². The molecular weight excluding hydrogens is 250 g/mol. The van der Waals surface area contributed by atoms with Crippen LogP contribution in [0.15, 0.2) is 12.1 Å². The molecule has 1 aliphatic rings. The Balaban J connectivity index is 2.35. The summed E-state index contributed by atoms with van der Waals surface area (Å²) in [6.45, 7) is 13.1. The van der Waals surface area contributed by atoms with Gasteiger partial charge in [-0.1, -0.05) is 20.8 Å². The van der Waals surface area contributed by atoms with E-state index in [1.807, 2.05) is 0 Å². The number of aromatic nitrogens is 1. The molecule has 2 atom stereocenters. The fourth-order valence-corrected chi connectivity index (χ4v) is 2.60. The lowest BCUT2D eigenvalue weighted by Gasteiger charge is -2.36. The number of ether oxygens (including phenoxy) is 1. The van der Waals surface area contributed by atoms with Gasteiger partial charge in [-0.3, -0.25) is 0 Å². The van der Waals surface area contributed by atoms with Crippen LogP contribution in [0.2, 0.25) is 0 Å². The van der Waals surface area contributed by atoms with Crippen LogP contribution in [0.1, 0.15) is 45.9 Å². The molecule has 0 radical (unpaired) electrons. The number of hydrogen-bond donors (Lipinski definition) is 1. The predicted molar refractivity (Wildman–Crippen MR) is 83.1 cm³/mol. The second kappa shape index (κ2) is 5.70. The fourth-order valence-electron chi connectivity index (χ4n) is 2.60. The van der Waals surface area contributed by atoms with E-state index >= 15 is 0 Å². The molecular formula is C16H27N3O. The van der Waals surface area contributed by atoms with Gasteiger partial charge in [0.2, 0.25) is 0 Å². The maximum absolute atomic E-state index is 5.84. The Kier molecular flexibility index (Phi) is 4.35. The molecule has 4 nitrogen and oxygen atoms in total. The van der Waals surface area contributed by atoms with Crippen LogP contribution in [0.4, 0.5) is 5.82 Å². The summed E-state index contributed by atoms with van der Waals surface area (Å²) in [6.07, 6.45) is 0.473. The van der Waals surface area contributed by atoms with Gasteiger partial charge >= 0.3 is 0 Å². The van der Waals surface area contributed by atoms with Crippen molar-refractivity contribution in [2.24, 2.45) is 5.73 Å². The number of nitrogens with zero attached hydrogens (tertiary/aromatic N) is 2. The molecule has 0 spiro atoms. The Morgan fingerprint density at radius 1 is 1.25 bits per heavy atom. The molecule has 1 fully saturated rings. The van der Waals surface area contributed by atoms with E-state index in [0.717, 1.165) is 30.2 Å². The monoisotopic (exact) mass is 277 g/mol. The van der Waals surface area contributed by atoms with Crippen LogP contribution >= 0.6 is 0 Å². The largest absolute Gasteiger partial charge is 0.372 e. The van der Waals surface area contributed by atoms with Crippen LogP contribution in [0.3, 0.4) is 0 Å². The predicted octanol–water partition coefficient (Wildman–Crippen LogP) is 2.45. The van der Waals surface area contributed by atoms with Gasteiger partial charge in [0.25, 0.3) is 0 Å². The molecule has 0 amide bonds. The zero-order chi connectivity index (χ0) is 14.9. The van der Waals surface area contributed by atoms with E-state index in [4.69, 9.17) is 15.5 Å². The highest BCUT2D eigenvalue weighted by atomic mass is 16.5. The molecule has 1 aromatic heterocycles. The van der Waals surface area contributed by atoms with Gasteiger partial charge in [0, 0.05) is 30.7 Å². The fraction of sp³-hybridized carbons (Fsp3) is 0.688. The summed E-state index contributed by atoms with van der Waals surface area (Å²) >= 11 is 0. The van der Waals surface area contributed by atoms with Gasteiger partial charge in [-0.15, -0.1) is 0 Å². The molecule has 0 bridgehead atoms. The van der Waals surface area contributed by atoms with Crippen LogP contribution in [0.5, 0.6) is 0 Å². The summed E-state index contributed by atoms with van der Waals surface area (Å²) in [4.78, 5) is 7.17. The average Bonchev–Trinajstić information content (AvgIpc) is 2.36. The van der Waals surface area contributed by atoms with Gasteiger partial charge in [0.05, 0.1) is 12.2 Å². The standard InChI is InChI=1S/C16H27N3O/c1-11-9-19(10-12(2)20-11)15-7-13(8-17)6-14(18-15)16(3,4)5/h6-7,11-12H,8-10,17H2,1-5H3/t11-,12+. The average molecular weight is 277 g/mol. The molecule has 2 heterocycles. The van der Waals surface area contributed by atoms with Crippen molar-refractivity contribution in [3.63, 3.8) is 0 Å². The van der Waals surface area contributed by atoms with Gasteiger partial charge in [-0.2, -0.15) is 0 Å². The highest BCUT2D eigenvalue weighted by Crippen LogP contribution is 2.26. The molecule has 2 N–H and O–H groups in total. The number of morpholine rings is 1. The number of pyridine rings is 1. The lowest BCUT2D eigenvalue weighted by atomic mass is 9.90. The Hall–Kier alpha value is -1.13. The Labute approximate surface area is 122 Å². The van der Waals surface area contributed by atoms with Crippen molar-refractivity contribution >= 4 is 5.82 Å². The van der Waals surface area contributed by atoms with Crippen LogP contribution < -0.4 is 10.6 Å². The Bertz CT molecular complexity index is 457. The topological polar surface area (TPSA) is 51.4 Å². The minimum atomic E-state index is 0.0312. The molecule has 0 aromatic carbocycles. The van der Waals surface area contributed by atoms with Gasteiger partial charge in [-0.05, 0) is 31.5 Å². The van der Waals surface area contributed by atoms with E-state index in [1.54, 1.807) is 0 Å². The Morgan fingerprint density at radius 3 is 2.35 bits per heavy atom. The first-order valence-corrected chi connectivity index (χ1v) is 7.41. The lowest BCUT2D eigenvalue weighted by molar-refractivity contribution is -0.00547. The van der Waals surface area contributed by atoms with Crippen molar-refractivity contribution in [2.45, 2.75) is 58.8 Å². The van der Waals surface area contributed by atoms with Gasteiger partial charge in [0.1, 0.15) is 5.82 Å². The first kappa shape index (κ1) is 15.3. The highest BCUT2D eigenvalue weighted by molar-refractivity contribution is 5.44. The molecule has 0 saturated carbocycles. The third-order valence-corrected chi connectivity index (χ3v) is 3.62. The summed E-state index contributed by atoms with van der Waals surface area (Å²) in [5.41, 5.74) is 8.12. The van der Waals surface area contributed by atoms with Crippen molar-refractivity contribution < 1.29 is 4.74 Å². The molecule has 0 unspecified atom stereocenters. The maximum atomic E-state index is 5.84. The van der Waals surface area contributed by atoms with E-state index < -0.39 is 0 Å². The quantitative estimate of drug-likeness (QED) is 0.902. The molecule has 4 heteroatoms. The smallest absolute Gasteiger partial charge is 0.129 e. The molecule has 1 saturated heterocycles. The number of anilines is 1. The number of rotatable bonds is 2. The third-order valence-electron chi connectivity index (χ3n) is 3.62. The van der Waals surface area contributed by atoms with E-state index in [1.165, 1.54) is 0 Å². The normalized spacial score (nSPS) is 24.0.